The van der Waals surface area contributed by atoms with Crippen LogP contribution in [0.5, 0.6) is 5.75 Å². The average Bonchev–Trinajstić information content (AvgIpc) is 2.92. The van der Waals surface area contributed by atoms with Crippen LogP contribution in [0.25, 0.3) is 0 Å². The highest BCUT2D eigenvalue weighted by Crippen LogP contribution is 2.25. The lowest BCUT2D eigenvalue weighted by atomic mass is 10.00. The lowest BCUT2D eigenvalue weighted by Gasteiger charge is -2.35. The maximum Gasteiger partial charge on any atom is 0.354 e. The number of aromatic nitrogens is 1. The predicted octanol–water partition coefficient (Wildman–Crippen LogP) is 3.56. The summed E-state index contributed by atoms with van der Waals surface area (Å²) in [6, 6.07) is 6.85. The summed E-state index contributed by atoms with van der Waals surface area (Å²) in [7, 11) is 4.56. The first kappa shape index (κ1) is 23.2. The van der Waals surface area contributed by atoms with Crippen molar-refractivity contribution in [3.63, 3.8) is 0 Å². The molecule has 0 aliphatic rings. The molecule has 0 spiro atoms. The maximum atomic E-state index is 13.3. The fourth-order valence-electron chi connectivity index (χ4n) is 3.52. The highest BCUT2D eigenvalue weighted by molar-refractivity contribution is 6.06. The lowest BCUT2D eigenvalue weighted by Crippen LogP contribution is -2.48. The summed E-state index contributed by atoms with van der Waals surface area (Å²) >= 11 is 0. The number of amides is 1. The molecule has 0 unspecified atom stereocenters. The summed E-state index contributed by atoms with van der Waals surface area (Å²) in [5.74, 6) is -0.438. The quantitative estimate of drug-likeness (QED) is 0.534. The van der Waals surface area contributed by atoms with Crippen molar-refractivity contribution in [2.24, 2.45) is 7.05 Å². The molecule has 0 aliphatic carbocycles. The van der Waals surface area contributed by atoms with Crippen molar-refractivity contribution in [3.05, 3.63) is 52.3 Å². The number of carbonyl (C=O) groups excluding carboxylic acids is 3. The molecule has 2 rings (SSSR count). The van der Waals surface area contributed by atoms with Gasteiger partial charge in [-0.05, 0) is 58.4 Å². The van der Waals surface area contributed by atoms with Gasteiger partial charge in [0, 0.05) is 29.4 Å². The number of hydrogen-bond donors (Lipinski definition) is 0. The average molecular weight is 415 g/mol. The van der Waals surface area contributed by atoms with Crippen LogP contribution < -0.4 is 4.74 Å². The van der Waals surface area contributed by atoms with E-state index in [9.17, 15) is 14.4 Å². The van der Waals surface area contributed by atoms with Crippen molar-refractivity contribution in [1.29, 1.82) is 0 Å². The summed E-state index contributed by atoms with van der Waals surface area (Å²) in [5, 5.41) is 0. The molecule has 7 nitrogen and oxygen atoms in total. The van der Waals surface area contributed by atoms with Gasteiger partial charge in [-0.2, -0.15) is 0 Å². The van der Waals surface area contributed by atoms with Crippen LogP contribution in [0.3, 0.4) is 0 Å². The topological polar surface area (TPSA) is 77.8 Å². The van der Waals surface area contributed by atoms with Gasteiger partial charge in [-0.25, -0.2) is 4.79 Å². The Morgan fingerprint density at radius 3 is 2.27 bits per heavy atom. The Hall–Kier alpha value is -3.09. The van der Waals surface area contributed by atoms with Gasteiger partial charge < -0.3 is 18.9 Å². The second-order valence-corrected chi connectivity index (χ2v) is 8.20. The number of benzene rings is 1. The number of carbonyl (C=O) groups is 3. The molecule has 0 atom stereocenters. The van der Waals surface area contributed by atoms with E-state index in [4.69, 9.17) is 9.47 Å². The zero-order chi connectivity index (χ0) is 22.8. The molecule has 1 aromatic carbocycles. The fraction of sp³-hybridized carbons (Fsp3) is 0.435. The normalized spacial score (nSPS) is 11.2. The molecule has 0 saturated carbocycles. The number of ketones is 1. The molecule has 162 valence electrons. The maximum absolute atomic E-state index is 13.3. The Kier molecular flexibility index (Phi) is 6.75. The molecule has 0 radical (unpaired) electrons. The zero-order valence-corrected chi connectivity index (χ0v) is 19.0. The SMILES string of the molecule is COC(=O)c1c(C)c(C(=O)CN(C(=O)c2cccc(OC)c2)C(C)(C)C)c(C)n1C. The summed E-state index contributed by atoms with van der Waals surface area (Å²) < 4.78 is 11.7. The van der Waals surface area contributed by atoms with E-state index in [-0.39, 0.29) is 18.2 Å². The van der Waals surface area contributed by atoms with E-state index in [1.807, 2.05) is 20.8 Å². The minimum atomic E-state index is -0.600. The number of hydrogen-bond acceptors (Lipinski definition) is 5. The number of nitrogens with zero attached hydrogens (tertiary/aromatic N) is 2. The third-order valence-corrected chi connectivity index (χ3v) is 5.26. The smallest absolute Gasteiger partial charge is 0.354 e. The van der Waals surface area contributed by atoms with Gasteiger partial charge in [-0.15, -0.1) is 0 Å². The van der Waals surface area contributed by atoms with Crippen LogP contribution in [0.15, 0.2) is 24.3 Å². The Labute approximate surface area is 177 Å². The Morgan fingerprint density at radius 1 is 1.10 bits per heavy atom. The number of methoxy groups -OCH3 is 2. The van der Waals surface area contributed by atoms with Gasteiger partial charge in [-0.1, -0.05) is 6.07 Å². The highest BCUT2D eigenvalue weighted by atomic mass is 16.5. The van der Waals surface area contributed by atoms with Crippen molar-refractivity contribution in [2.45, 2.75) is 40.2 Å². The van der Waals surface area contributed by atoms with Gasteiger partial charge in [0.05, 0.1) is 20.8 Å². The highest BCUT2D eigenvalue weighted by Gasteiger charge is 2.32. The molecular weight excluding hydrogens is 384 g/mol. The molecule has 7 heteroatoms. The second kappa shape index (κ2) is 8.73. The Balaban J connectivity index is 2.44. The van der Waals surface area contributed by atoms with E-state index < -0.39 is 11.5 Å². The molecule has 1 aromatic heterocycles. The minimum Gasteiger partial charge on any atom is -0.497 e. The molecule has 0 saturated heterocycles. The molecule has 1 heterocycles. The molecule has 30 heavy (non-hydrogen) atoms. The molecule has 0 N–H and O–H groups in total. The fourth-order valence-corrected chi connectivity index (χ4v) is 3.52. The second-order valence-electron chi connectivity index (χ2n) is 8.20. The monoisotopic (exact) mass is 414 g/mol. The molecule has 0 aliphatic heterocycles. The van der Waals surface area contributed by atoms with Gasteiger partial charge in [0.15, 0.2) is 5.78 Å². The van der Waals surface area contributed by atoms with Crippen molar-refractivity contribution in [1.82, 2.24) is 9.47 Å². The summed E-state index contributed by atoms with van der Waals surface area (Å²) in [5.41, 5.74) is 1.81. The lowest BCUT2D eigenvalue weighted by molar-refractivity contribution is 0.0545. The van der Waals surface area contributed by atoms with Crippen LogP contribution in [0, 0.1) is 13.8 Å². The van der Waals surface area contributed by atoms with Crippen LogP contribution in [-0.2, 0) is 11.8 Å². The third-order valence-electron chi connectivity index (χ3n) is 5.26. The standard InChI is InChI=1S/C23H30N2O5/c1-14-19(15(2)24(6)20(14)22(28)30-8)18(26)13-25(23(3,4)5)21(27)16-10-9-11-17(12-16)29-7/h9-12H,13H2,1-8H3. The summed E-state index contributed by atoms with van der Waals surface area (Å²) in [4.78, 5) is 40.2. The third kappa shape index (κ3) is 4.40. The molecule has 0 bridgehead atoms. The van der Waals surface area contributed by atoms with Gasteiger partial charge in [-0.3, -0.25) is 9.59 Å². The number of rotatable bonds is 6. The van der Waals surface area contributed by atoms with E-state index in [0.717, 1.165) is 0 Å². The molecule has 2 aromatic rings. The van der Waals surface area contributed by atoms with Gasteiger partial charge in [0.2, 0.25) is 0 Å². The Morgan fingerprint density at radius 2 is 1.73 bits per heavy atom. The first-order valence-corrected chi connectivity index (χ1v) is 9.67. The zero-order valence-electron chi connectivity index (χ0n) is 19.0. The van der Waals surface area contributed by atoms with E-state index in [1.54, 1.807) is 49.7 Å². The van der Waals surface area contributed by atoms with Crippen LogP contribution in [0.1, 0.15) is 63.2 Å². The van der Waals surface area contributed by atoms with Gasteiger partial charge >= 0.3 is 5.97 Å². The van der Waals surface area contributed by atoms with Crippen LogP contribution in [0.4, 0.5) is 0 Å². The van der Waals surface area contributed by atoms with Crippen molar-refractivity contribution in [3.8, 4) is 5.75 Å². The summed E-state index contributed by atoms with van der Waals surface area (Å²) in [6.07, 6.45) is 0. The molecule has 0 fully saturated rings. The number of ether oxygens (including phenoxy) is 2. The van der Waals surface area contributed by atoms with E-state index in [0.29, 0.717) is 33.8 Å². The first-order valence-electron chi connectivity index (χ1n) is 9.67. The van der Waals surface area contributed by atoms with Crippen molar-refractivity contribution in [2.75, 3.05) is 20.8 Å². The largest absolute Gasteiger partial charge is 0.497 e. The minimum absolute atomic E-state index is 0.119. The van der Waals surface area contributed by atoms with E-state index >= 15 is 0 Å². The van der Waals surface area contributed by atoms with Crippen LogP contribution in [0.2, 0.25) is 0 Å². The van der Waals surface area contributed by atoms with E-state index in [1.165, 1.54) is 19.1 Å². The van der Waals surface area contributed by atoms with Crippen molar-refractivity contribution >= 4 is 17.7 Å². The first-order chi connectivity index (χ1) is 13.9. The Bertz CT molecular complexity index is 982. The van der Waals surface area contributed by atoms with Crippen LogP contribution >= 0.6 is 0 Å². The van der Waals surface area contributed by atoms with Gasteiger partial charge in [0.25, 0.3) is 5.91 Å². The van der Waals surface area contributed by atoms with E-state index in [2.05, 4.69) is 0 Å². The van der Waals surface area contributed by atoms with Crippen molar-refractivity contribution < 1.29 is 23.9 Å². The molecule has 1 amide bonds. The van der Waals surface area contributed by atoms with Gasteiger partial charge in [0.1, 0.15) is 11.4 Å². The predicted molar refractivity (Wildman–Crippen MR) is 114 cm³/mol. The van der Waals surface area contributed by atoms with Crippen LogP contribution in [-0.4, -0.2) is 53.4 Å². The molecular formula is C23H30N2O5. The number of esters is 1. The number of Topliss-reactive ketones (excluding diaryl/α,β-unsaturated/α-hetero) is 1. The summed E-state index contributed by atoms with van der Waals surface area (Å²) in [6.45, 7) is 9.01.